The summed E-state index contributed by atoms with van der Waals surface area (Å²) < 4.78 is 35.7. The SMILES string of the molecule is CC[C@H]1O[C@@H](n2ccc3c(NC(=O)c4ccccc4)ncnc32)C(F)(F)[C@@H]1O. The van der Waals surface area contributed by atoms with Gasteiger partial charge in [-0.1, -0.05) is 25.1 Å². The van der Waals surface area contributed by atoms with Crippen molar-refractivity contribution in [1.82, 2.24) is 14.5 Å². The molecule has 0 saturated carbocycles. The lowest BCUT2D eigenvalue weighted by molar-refractivity contribution is -0.137. The van der Waals surface area contributed by atoms with Crippen LogP contribution in [0.5, 0.6) is 0 Å². The van der Waals surface area contributed by atoms with E-state index in [0.29, 0.717) is 10.9 Å². The minimum atomic E-state index is -3.48. The van der Waals surface area contributed by atoms with E-state index in [1.54, 1.807) is 37.3 Å². The lowest BCUT2D eigenvalue weighted by Crippen LogP contribution is -2.38. The summed E-state index contributed by atoms with van der Waals surface area (Å²) >= 11 is 0. The molecule has 9 heteroatoms. The van der Waals surface area contributed by atoms with Gasteiger partial charge in [0.25, 0.3) is 5.91 Å². The number of halogens is 2. The maximum absolute atomic E-state index is 14.6. The Morgan fingerprint density at radius 2 is 2.04 bits per heavy atom. The molecule has 3 heterocycles. The molecule has 1 aliphatic rings. The first-order valence-corrected chi connectivity index (χ1v) is 8.82. The zero-order valence-corrected chi connectivity index (χ0v) is 14.9. The van der Waals surface area contributed by atoms with Crippen LogP contribution in [0.15, 0.2) is 48.9 Å². The van der Waals surface area contributed by atoms with Crippen LogP contribution >= 0.6 is 0 Å². The maximum Gasteiger partial charge on any atom is 0.320 e. The Morgan fingerprint density at radius 3 is 2.71 bits per heavy atom. The van der Waals surface area contributed by atoms with Gasteiger partial charge in [0.05, 0.1) is 11.5 Å². The monoisotopic (exact) mass is 388 g/mol. The fourth-order valence-corrected chi connectivity index (χ4v) is 3.32. The van der Waals surface area contributed by atoms with Crippen molar-refractivity contribution in [2.45, 2.75) is 37.7 Å². The summed E-state index contributed by atoms with van der Waals surface area (Å²) in [6.07, 6.45) is -1.76. The van der Waals surface area contributed by atoms with Crippen molar-refractivity contribution < 1.29 is 23.4 Å². The number of ether oxygens (including phenoxy) is 1. The number of carbonyl (C=O) groups excluding carboxylic acids is 1. The molecule has 1 aliphatic heterocycles. The molecule has 1 aromatic carbocycles. The van der Waals surface area contributed by atoms with E-state index in [4.69, 9.17) is 4.74 Å². The summed E-state index contributed by atoms with van der Waals surface area (Å²) in [4.78, 5) is 20.5. The lowest BCUT2D eigenvalue weighted by Gasteiger charge is -2.21. The Hall–Kier alpha value is -2.91. The number of nitrogens with zero attached hydrogens (tertiary/aromatic N) is 3. The summed E-state index contributed by atoms with van der Waals surface area (Å²) in [7, 11) is 0. The molecule has 0 spiro atoms. The molecule has 1 saturated heterocycles. The van der Waals surface area contributed by atoms with Crippen LogP contribution in [-0.4, -0.2) is 43.7 Å². The van der Waals surface area contributed by atoms with Gasteiger partial charge in [-0.3, -0.25) is 4.79 Å². The summed E-state index contributed by atoms with van der Waals surface area (Å²) in [5.74, 6) is -3.66. The van der Waals surface area contributed by atoms with Crippen LogP contribution in [-0.2, 0) is 4.74 Å². The topological polar surface area (TPSA) is 89.3 Å². The second-order valence-corrected chi connectivity index (χ2v) is 6.56. The number of rotatable bonds is 4. The first kappa shape index (κ1) is 18.5. The molecule has 0 aliphatic carbocycles. The number of benzene rings is 1. The average molecular weight is 388 g/mol. The highest BCUT2D eigenvalue weighted by Gasteiger charge is 2.58. The van der Waals surface area contributed by atoms with Gasteiger partial charge in [-0.2, -0.15) is 8.78 Å². The predicted molar refractivity (Wildman–Crippen MR) is 97.1 cm³/mol. The minimum absolute atomic E-state index is 0.173. The number of carbonyl (C=O) groups is 1. The van der Waals surface area contributed by atoms with Crippen molar-refractivity contribution >= 4 is 22.8 Å². The standard InChI is InChI=1S/C19H18F2N4O3/c1-2-13-14(26)19(20,21)18(28-13)25-9-8-12-15(22-10-23-16(12)25)24-17(27)11-6-4-3-5-7-11/h3-10,13-14,18,26H,2H2,1H3,(H,22,23,24,27)/t13-,14-,18-/m1/s1. The first-order chi connectivity index (χ1) is 13.4. The van der Waals surface area contributed by atoms with Gasteiger partial charge >= 0.3 is 5.92 Å². The zero-order valence-electron chi connectivity index (χ0n) is 14.9. The number of aliphatic hydroxyl groups excluding tert-OH is 1. The van der Waals surface area contributed by atoms with Crippen LogP contribution in [0.25, 0.3) is 11.0 Å². The van der Waals surface area contributed by atoms with Gasteiger partial charge < -0.3 is 19.7 Å². The van der Waals surface area contributed by atoms with Gasteiger partial charge in [0, 0.05) is 11.8 Å². The van der Waals surface area contributed by atoms with Gasteiger partial charge in [-0.15, -0.1) is 0 Å². The second-order valence-electron chi connectivity index (χ2n) is 6.56. The van der Waals surface area contributed by atoms with Crippen LogP contribution < -0.4 is 5.32 Å². The smallest absolute Gasteiger partial charge is 0.320 e. The molecule has 4 rings (SSSR count). The fourth-order valence-electron chi connectivity index (χ4n) is 3.32. The van der Waals surface area contributed by atoms with E-state index in [0.717, 1.165) is 4.57 Å². The Kier molecular flexibility index (Phi) is 4.56. The number of hydrogen-bond acceptors (Lipinski definition) is 5. The average Bonchev–Trinajstić information content (AvgIpc) is 3.22. The first-order valence-electron chi connectivity index (χ1n) is 8.82. The maximum atomic E-state index is 14.6. The summed E-state index contributed by atoms with van der Waals surface area (Å²) in [5.41, 5.74) is 0.611. The van der Waals surface area contributed by atoms with Crippen LogP contribution in [0, 0.1) is 0 Å². The second kappa shape index (κ2) is 6.92. The number of aromatic nitrogens is 3. The Labute approximate surface area is 159 Å². The summed E-state index contributed by atoms with van der Waals surface area (Å²) in [6, 6.07) is 10.1. The molecule has 2 N–H and O–H groups in total. The molecule has 1 fully saturated rings. The van der Waals surface area contributed by atoms with Crippen molar-refractivity contribution in [3.8, 4) is 0 Å². The van der Waals surface area contributed by atoms with Crippen LogP contribution in [0.2, 0.25) is 0 Å². The third-order valence-electron chi connectivity index (χ3n) is 4.81. The fraction of sp³-hybridized carbons (Fsp3) is 0.316. The van der Waals surface area contributed by atoms with Gasteiger partial charge in [0.15, 0.2) is 0 Å². The van der Waals surface area contributed by atoms with Crippen LogP contribution in [0.1, 0.15) is 29.9 Å². The molecule has 0 radical (unpaired) electrons. The molecular formula is C19H18F2N4O3. The number of fused-ring (bicyclic) bond motifs is 1. The highest BCUT2D eigenvalue weighted by atomic mass is 19.3. The highest BCUT2D eigenvalue weighted by molar-refractivity contribution is 6.07. The molecular weight excluding hydrogens is 370 g/mol. The highest BCUT2D eigenvalue weighted by Crippen LogP contribution is 2.44. The normalized spacial score (nSPS) is 23.8. The van der Waals surface area contributed by atoms with Crippen LogP contribution in [0.4, 0.5) is 14.6 Å². The molecule has 0 bridgehead atoms. The summed E-state index contributed by atoms with van der Waals surface area (Å²) in [5, 5.41) is 12.9. The largest absolute Gasteiger partial charge is 0.384 e. The van der Waals surface area contributed by atoms with E-state index in [2.05, 4.69) is 15.3 Å². The molecule has 28 heavy (non-hydrogen) atoms. The number of anilines is 1. The van der Waals surface area contributed by atoms with E-state index in [1.165, 1.54) is 18.6 Å². The van der Waals surface area contributed by atoms with Crippen molar-refractivity contribution in [2.75, 3.05) is 5.32 Å². The lowest BCUT2D eigenvalue weighted by atomic mass is 10.1. The van der Waals surface area contributed by atoms with Crippen molar-refractivity contribution in [2.24, 2.45) is 0 Å². The molecule has 3 atom stereocenters. The van der Waals surface area contributed by atoms with E-state index in [1.807, 2.05) is 0 Å². The van der Waals surface area contributed by atoms with Crippen molar-refractivity contribution in [3.63, 3.8) is 0 Å². The van der Waals surface area contributed by atoms with Crippen molar-refractivity contribution in [3.05, 3.63) is 54.5 Å². The molecule has 7 nitrogen and oxygen atoms in total. The summed E-state index contributed by atoms with van der Waals surface area (Å²) in [6.45, 7) is 1.67. The van der Waals surface area contributed by atoms with Crippen molar-refractivity contribution in [1.29, 1.82) is 0 Å². The third-order valence-corrected chi connectivity index (χ3v) is 4.81. The Bertz CT molecular complexity index is 1010. The minimum Gasteiger partial charge on any atom is -0.384 e. The Balaban J connectivity index is 1.69. The van der Waals surface area contributed by atoms with E-state index in [-0.39, 0.29) is 23.8 Å². The van der Waals surface area contributed by atoms with Crippen LogP contribution in [0.3, 0.4) is 0 Å². The third kappa shape index (κ3) is 2.92. The number of nitrogens with one attached hydrogen (secondary N) is 1. The van der Waals surface area contributed by atoms with Gasteiger partial charge in [0.1, 0.15) is 23.9 Å². The van der Waals surface area contributed by atoms with Gasteiger partial charge in [0.2, 0.25) is 6.23 Å². The molecule has 146 valence electrons. The predicted octanol–water partition coefficient (Wildman–Crippen LogP) is 2.99. The van der Waals surface area contributed by atoms with Gasteiger partial charge in [-0.05, 0) is 24.6 Å². The van der Waals surface area contributed by atoms with E-state index in [9.17, 15) is 18.7 Å². The molecule has 2 aromatic heterocycles. The number of alkyl halides is 2. The number of aliphatic hydroxyl groups is 1. The van der Waals surface area contributed by atoms with Gasteiger partial charge in [-0.25, -0.2) is 9.97 Å². The number of amides is 1. The molecule has 1 amide bonds. The quantitative estimate of drug-likeness (QED) is 0.717. The Morgan fingerprint density at radius 1 is 1.29 bits per heavy atom. The number of hydrogen-bond donors (Lipinski definition) is 2. The molecule has 0 unspecified atom stereocenters. The zero-order chi connectivity index (χ0) is 19.9. The van der Waals surface area contributed by atoms with E-state index >= 15 is 0 Å². The van der Waals surface area contributed by atoms with E-state index < -0.39 is 24.4 Å². The molecule has 3 aromatic rings.